The van der Waals surface area contributed by atoms with Crippen molar-refractivity contribution < 1.29 is 14.3 Å². The topological polar surface area (TPSA) is 69.5 Å². The van der Waals surface area contributed by atoms with E-state index in [1.807, 2.05) is 41.1 Å². The summed E-state index contributed by atoms with van der Waals surface area (Å²) in [6.45, 7) is 1.80. The zero-order valence-corrected chi connectivity index (χ0v) is 21.2. The van der Waals surface area contributed by atoms with Crippen LogP contribution in [0.5, 0.6) is 0 Å². The lowest BCUT2D eigenvalue weighted by atomic mass is 9.82. The summed E-state index contributed by atoms with van der Waals surface area (Å²) in [5.41, 5.74) is 4.19. The van der Waals surface area contributed by atoms with Crippen LogP contribution in [0.25, 0.3) is 16.7 Å². The third-order valence-electron chi connectivity index (χ3n) is 8.25. The molecule has 1 aliphatic heterocycles. The van der Waals surface area contributed by atoms with Crippen molar-refractivity contribution in [3.8, 4) is 5.69 Å². The molecule has 3 aliphatic rings. The van der Waals surface area contributed by atoms with Gasteiger partial charge >= 0.3 is 5.97 Å². The number of methoxy groups -OCH3 is 1. The van der Waals surface area contributed by atoms with Crippen molar-refractivity contribution >= 4 is 22.7 Å². The maximum atomic E-state index is 12.7. The number of anilines is 1. The summed E-state index contributed by atoms with van der Waals surface area (Å²) in [6, 6.07) is 12.0. The first-order chi connectivity index (χ1) is 17.7. The van der Waals surface area contributed by atoms with Gasteiger partial charge in [0, 0.05) is 19.0 Å². The lowest BCUT2D eigenvalue weighted by Crippen LogP contribution is -2.39. The molecule has 3 fully saturated rings. The normalized spacial score (nSPS) is 20.0. The number of carbonyl (C=O) groups is 1. The van der Waals surface area contributed by atoms with Crippen molar-refractivity contribution in [2.24, 2.45) is 0 Å². The Hall–Kier alpha value is -2.93. The van der Waals surface area contributed by atoms with Gasteiger partial charge in [0.25, 0.3) is 0 Å². The van der Waals surface area contributed by atoms with Crippen LogP contribution < -0.4 is 4.90 Å². The number of esters is 1. The van der Waals surface area contributed by atoms with Gasteiger partial charge in [-0.15, -0.1) is 0 Å². The van der Waals surface area contributed by atoms with Gasteiger partial charge in [0.1, 0.15) is 0 Å². The van der Waals surface area contributed by atoms with Gasteiger partial charge in [0.05, 0.1) is 41.8 Å². The minimum atomic E-state index is -0.417. The molecule has 7 nitrogen and oxygen atoms in total. The fraction of sp³-hybridized carbons (Fsp3) is 0.552. The highest BCUT2D eigenvalue weighted by Crippen LogP contribution is 2.43. The molecule has 190 valence electrons. The number of ether oxygens (including phenoxy) is 2. The highest BCUT2D eigenvalue weighted by atomic mass is 16.5. The van der Waals surface area contributed by atoms with Crippen LogP contribution in [0, 0.1) is 0 Å². The van der Waals surface area contributed by atoms with Gasteiger partial charge in [-0.2, -0.15) is 5.10 Å². The van der Waals surface area contributed by atoms with E-state index in [1.54, 1.807) is 0 Å². The predicted molar refractivity (Wildman–Crippen MR) is 140 cm³/mol. The molecule has 0 unspecified atom stereocenters. The van der Waals surface area contributed by atoms with Crippen LogP contribution in [0.2, 0.25) is 0 Å². The van der Waals surface area contributed by atoms with E-state index in [2.05, 4.69) is 4.90 Å². The van der Waals surface area contributed by atoms with E-state index in [0.717, 1.165) is 66.9 Å². The number of pyridine rings is 1. The Bertz CT molecular complexity index is 1210. The summed E-state index contributed by atoms with van der Waals surface area (Å²) < 4.78 is 13.5. The lowest BCUT2D eigenvalue weighted by molar-refractivity contribution is -0.0395. The quantitative estimate of drug-likeness (QED) is 0.409. The number of hydrogen-bond donors (Lipinski definition) is 0. The predicted octanol–water partition coefficient (Wildman–Crippen LogP) is 5.79. The first-order valence-electron chi connectivity index (χ1n) is 13.7. The summed E-state index contributed by atoms with van der Waals surface area (Å²) in [4.78, 5) is 19.9. The largest absolute Gasteiger partial charge is 0.464 e. The third kappa shape index (κ3) is 4.49. The standard InChI is InChI=1S/C29H36N4O3/c1-35-29(34)24-19-25(32-17-15-23(16-18-32)36-22-13-6-3-7-14-22)26-27(20-9-8-10-20)31-33(28(26)30-24)21-11-4-2-5-12-21/h2,4-5,11-12,19-20,22-23H,3,6-10,13-18H2,1H3. The van der Waals surface area contributed by atoms with Gasteiger partial charge in [-0.05, 0) is 56.7 Å². The summed E-state index contributed by atoms with van der Waals surface area (Å²) >= 11 is 0. The van der Waals surface area contributed by atoms with Crippen LogP contribution in [0.3, 0.4) is 0 Å². The molecule has 0 N–H and O–H groups in total. The van der Waals surface area contributed by atoms with Crippen molar-refractivity contribution in [2.45, 2.75) is 82.3 Å². The van der Waals surface area contributed by atoms with E-state index in [0.29, 0.717) is 23.8 Å². The molecule has 1 aromatic carbocycles. The van der Waals surface area contributed by atoms with Crippen molar-refractivity contribution in [3.63, 3.8) is 0 Å². The number of nitrogens with zero attached hydrogens (tertiary/aromatic N) is 4. The molecule has 36 heavy (non-hydrogen) atoms. The minimum absolute atomic E-state index is 0.319. The van der Waals surface area contributed by atoms with Crippen LogP contribution in [-0.2, 0) is 9.47 Å². The number of benzene rings is 1. The summed E-state index contributed by atoms with van der Waals surface area (Å²) in [5.74, 6) is 0.0221. The van der Waals surface area contributed by atoms with E-state index < -0.39 is 5.97 Å². The van der Waals surface area contributed by atoms with Crippen LogP contribution >= 0.6 is 0 Å². The van der Waals surface area contributed by atoms with E-state index in [9.17, 15) is 4.79 Å². The van der Waals surface area contributed by atoms with Crippen molar-refractivity contribution in [1.29, 1.82) is 0 Å². The first kappa shape index (κ1) is 23.5. The maximum Gasteiger partial charge on any atom is 0.356 e. The van der Waals surface area contributed by atoms with Gasteiger partial charge in [0.15, 0.2) is 11.3 Å². The van der Waals surface area contributed by atoms with Gasteiger partial charge in [-0.3, -0.25) is 0 Å². The Morgan fingerprint density at radius 3 is 2.31 bits per heavy atom. The van der Waals surface area contributed by atoms with E-state index >= 15 is 0 Å². The molecule has 0 bridgehead atoms. The van der Waals surface area contributed by atoms with Crippen LogP contribution in [0.1, 0.15) is 86.3 Å². The SMILES string of the molecule is COC(=O)c1cc(N2CCC(OC3CCCCC3)CC2)c2c(C3CCC3)nn(-c3ccccc3)c2n1. The number of carbonyl (C=O) groups excluding carboxylic acids is 1. The van der Waals surface area contributed by atoms with Crippen molar-refractivity contribution in [1.82, 2.24) is 14.8 Å². The average Bonchev–Trinajstić information content (AvgIpc) is 3.27. The Morgan fingerprint density at radius 1 is 0.917 bits per heavy atom. The molecule has 0 atom stereocenters. The van der Waals surface area contributed by atoms with E-state index in [-0.39, 0.29) is 0 Å². The summed E-state index contributed by atoms with van der Waals surface area (Å²) in [6.07, 6.45) is 12.6. The number of hydrogen-bond acceptors (Lipinski definition) is 6. The molecule has 2 saturated carbocycles. The molecular formula is C29H36N4O3. The number of aromatic nitrogens is 3. The second-order valence-corrected chi connectivity index (χ2v) is 10.6. The third-order valence-corrected chi connectivity index (χ3v) is 8.25. The molecule has 3 heterocycles. The Balaban J connectivity index is 1.37. The monoisotopic (exact) mass is 488 g/mol. The molecule has 7 heteroatoms. The van der Waals surface area contributed by atoms with Gasteiger partial charge < -0.3 is 14.4 Å². The van der Waals surface area contributed by atoms with Crippen LogP contribution in [0.15, 0.2) is 36.4 Å². The van der Waals surface area contributed by atoms with Crippen molar-refractivity contribution in [3.05, 3.63) is 47.8 Å². The zero-order chi connectivity index (χ0) is 24.5. The van der Waals surface area contributed by atoms with E-state index in [1.165, 1.54) is 45.6 Å². The highest BCUT2D eigenvalue weighted by molar-refractivity contribution is 5.99. The lowest BCUT2D eigenvalue weighted by Gasteiger charge is -2.36. The van der Waals surface area contributed by atoms with Crippen molar-refractivity contribution in [2.75, 3.05) is 25.1 Å². The number of rotatable bonds is 6. The van der Waals surface area contributed by atoms with E-state index in [4.69, 9.17) is 19.6 Å². The molecule has 0 spiro atoms. The molecule has 0 amide bonds. The fourth-order valence-electron chi connectivity index (χ4n) is 6.00. The molecule has 2 aromatic heterocycles. The minimum Gasteiger partial charge on any atom is -0.464 e. The maximum absolute atomic E-state index is 12.7. The second-order valence-electron chi connectivity index (χ2n) is 10.6. The number of piperidine rings is 1. The molecule has 1 saturated heterocycles. The summed E-state index contributed by atoms with van der Waals surface area (Å²) in [7, 11) is 1.41. The van der Waals surface area contributed by atoms with Gasteiger partial charge in [-0.1, -0.05) is 43.9 Å². The molecule has 6 rings (SSSR count). The number of para-hydroxylation sites is 1. The molecule has 2 aliphatic carbocycles. The van der Waals surface area contributed by atoms with Gasteiger partial charge in [-0.25, -0.2) is 14.5 Å². The fourth-order valence-corrected chi connectivity index (χ4v) is 6.00. The van der Waals surface area contributed by atoms with Crippen LogP contribution in [0.4, 0.5) is 5.69 Å². The number of fused-ring (bicyclic) bond motifs is 1. The highest BCUT2D eigenvalue weighted by Gasteiger charge is 2.32. The molecular weight excluding hydrogens is 452 g/mol. The first-order valence-corrected chi connectivity index (χ1v) is 13.7. The smallest absolute Gasteiger partial charge is 0.356 e. The van der Waals surface area contributed by atoms with Crippen LogP contribution in [-0.4, -0.2) is 53.1 Å². The Morgan fingerprint density at radius 2 is 1.64 bits per heavy atom. The Labute approximate surface area is 212 Å². The summed E-state index contributed by atoms with van der Waals surface area (Å²) in [5, 5.41) is 6.19. The second kappa shape index (κ2) is 10.2. The Kier molecular flexibility index (Phi) is 6.65. The molecule has 0 radical (unpaired) electrons. The molecule has 3 aromatic rings. The zero-order valence-electron chi connectivity index (χ0n) is 21.2. The average molecular weight is 489 g/mol. The van der Waals surface area contributed by atoms with Gasteiger partial charge in [0.2, 0.25) is 0 Å².